The lowest BCUT2D eigenvalue weighted by atomic mass is 9.99. The van der Waals surface area contributed by atoms with E-state index in [1.807, 2.05) is 25.8 Å². The smallest absolute Gasteiger partial charge is 0.367 e. The number of amides is 1. The van der Waals surface area contributed by atoms with Crippen molar-refractivity contribution in [3.8, 4) is 0 Å². The van der Waals surface area contributed by atoms with Crippen molar-refractivity contribution >= 4 is 32.9 Å². The number of piperazine rings is 1. The van der Waals surface area contributed by atoms with Gasteiger partial charge in [0.2, 0.25) is 15.6 Å². The Labute approximate surface area is 229 Å². The van der Waals surface area contributed by atoms with Crippen LogP contribution in [0.25, 0.3) is 5.57 Å². The first-order valence-corrected chi connectivity index (χ1v) is 14.5. The van der Waals surface area contributed by atoms with Crippen molar-refractivity contribution in [2.75, 3.05) is 49.7 Å². The Kier molecular flexibility index (Phi) is 8.16. The van der Waals surface area contributed by atoms with Crippen LogP contribution in [0.5, 0.6) is 0 Å². The summed E-state index contributed by atoms with van der Waals surface area (Å²) in [4.78, 5) is 30.9. The molecule has 0 unspecified atom stereocenters. The number of aromatic amines is 1. The standard InChI is InChI=1S/C26H31F4N5O4S/c1-15-12-34(13-16(2)33(15)3)23-10-21(27)18(17-6-5-7-35(14-17)40(4,38)39)8-22(23)32-25(37)19-11-31-24(36)9-20(19)26(28,29)30/h6,8-11,15-16H,5,7,12-14H2,1-4H3,(H,31,36)(H,32,37)/t15-,16+. The van der Waals surface area contributed by atoms with Gasteiger partial charge >= 0.3 is 6.18 Å². The Morgan fingerprint density at radius 2 is 1.77 bits per heavy atom. The van der Waals surface area contributed by atoms with Crippen LogP contribution in [0, 0.1) is 5.82 Å². The number of hydrogen-bond acceptors (Lipinski definition) is 6. The van der Waals surface area contributed by atoms with E-state index in [4.69, 9.17) is 0 Å². The number of sulfonamides is 1. The normalized spacial score (nSPS) is 21.3. The SMILES string of the molecule is C[C@@H]1CN(c2cc(F)c(C3=CCCN(S(C)(=O)=O)C3)cc2NC(=O)c2c[nH]c(=O)cc2C(F)(F)F)C[C@H](C)N1C. The zero-order valence-corrected chi connectivity index (χ0v) is 23.3. The molecule has 2 atom stereocenters. The Balaban J connectivity index is 1.80. The van der Waals surface area contributed by atoms with E-state index in [2.05, 4.69) is 15.2 Å². The fourth-order valence-electron chi connectivity index (χ4n) is 5.05. The monoisotopic (exact) mass is 585 g/mol. The second-order valence-electron chi connectivity index (χ2n) is 10.3. The highest BCUT2D eigenvalue weighted by Crippen LogP contribution is 2.37. The predicted molar refractivity (Wildman–Crippen MR) is 144 cm³/mol. The van der Waals surface area contributed by atoms with Gasteiger partial charge in [-0.2, -0.15) is 17.5 Å². The van der Waals surface area contributed by atoms with Crippen molar-refractivity contribution in [3.63, 3.8) is 0 Å². The van der Waals surface area contributed by atoms with Crippen LogP contribution in [0.1, 0.15) is 41.8 Å². The lowest BCUT2D eigenvalue weighted by Crippen LogP contribution is -2.55. The van der Waals surface area contributed by atoms with Gasteiger partial charge in [0.15, 0.2) is 0 Å². The van der Waals surface area contributed by atoms with Gasteiger partial charge < -0.3 is 15.2 Å². The van der Waals surface area contributed by atoms with E-state index >= 15 is 4.39 Å². The fourth-order valence-corrected chi connectivity index (χ4v) is 5.86. The lowest BCUT2D eigenvalue weighted by Gasteiger charge is -2.44. The molecule has 0 saturated carbocycles. The number of carbonyl (C=O) groups excluding carboxylic acids is 1. The zero-order chi connectivity index (χ0) is 29.6. The van der Waals surface area contributed by atoms with Crippen LogP contribution in [0.4, 0.5) is 28.9 Å². The number of alkyl halides is 3. The molecule has 1 saturated heterocycles. The van der Waals surface area contributed by atoms with E-state index in [0.29, 0.717) is 37.3 Å². The molecule has 0 bridgehead atoms. The van der Waals surface area contributed by atoms with E-state index in [1.54, 1.807) is 6.08 Å². The van der Waals surface area contributed by atoms with Crippen LogP contribution >= 0.6 is 0 Å². The Hall–Kier alpha value is -3.23. The molecule has 3 heterocycles. The van der Waals surface area contributed by atoms with Crippen molar-refractivity contribution in [1.82, 2.24) is 14.2 Å². The Bertz CT molecular complexity index is 1490. The quantitative estimate of drug-likeness (QED) is 0.522. The number of pyridine rings is 1. The number of likely N-dealkylation sites (N-methyl/N-ethyl adjacent to an activating group) is 1. The summed E-state index contributed by atoms with van der Waals surface area (Å²) in [6, 6.07) is 2.95. The molecule has 1 aromatic carbocycles. The topological polar surface area (TPSA) is 106 Å². The Morgan fingerprint density at radius 3 is 2.38 bits per heavy atom. The minimum atomic E-state index is -4.97. The largest absolute Gasteiger partial charge is 0.417 e. The summed E-state index contributed by atoms with van der Waals surface area (Å²) in [5, 5.41) is 2.50. The molecular weight excluding hydrogens is 554 g/mol. The number of aromatic nitrogens is 1. The fraction of sp³-hybridized carbons (Fsp3) is 0.462. The molecule has 2 N–H and O–H groups in total. The summed E-state index contributed by atoms with van der Waals surface area (Å²) in [6.45, 7) is 5.01. The summed E-state index contributed by atoms with van der Waals surface area (Å²) >= 11 is 0. The lowest BCUT2D eigenvalue weighted by molar-refractivity contribution is -0.138. The van der Waals surface area contributed by atoms with Crippen LogP contribution < -0.4 is 15.8 Å². The van der Waals surface area contributed by atoms with Crippen LogP contribution in [0.15, 0.2) is 35.3 Å². The third kappa shape index (κ3) is 6.23. The maximum atomic E-state index is 15.6. The van der Waals surface area contributed by atoms with Gasteiger partial charge in [-0.3, -0.25) is 14.5 Å². The van der Waals surface area contributed by atoms with E-state index in [-0.39, 0.29) is 42.1 Å². The average molecular weight is 586 g/mol. The summed E-state index contributed by atoms with van der Waals surface area (Å²) < 4.78 is 82.1. The number of carbonyl (C=O) groups is 1. The number of benzene rings is 1. The molecule has 4 rings (SSSR count). The van der Waals surface area contributed by atoms with E-state index < -0.39 is 44.6 Å². The number of hydrogen-bond donors (Lipinski definition) is 2. The molecule has 1 amide bonds. The van der Waals surface area contributed by atoms with Crippen molar-refractivity contribution < 1.29 is 30.8 Å². The van der Waals surface area contributed by atoms with Gasteiger partial charge in [-0.25, -0.2) is 12.8 Å². The number of halogens is 4. The van der Waals surface area contributed by atoms with Gasteiger partial charge in [0.1, 0.15) is 5.82 Å². The third-order valence-corrected chi connectivity index (χ3v) is 8.69. The first-order chi connectivity index (χ1) is 18.6. The average Bonchev–Trinajstić information content (AvgIpc) is 2.86. The van der Waals surface area contributed by atoms with Crippen LogP contribution in [-0.2, 0) is 16.2 Å². The summed E-state index contributed by atoms with van der Waals surface area (Å²) in [5.41, 5.74) is -2.49. The van der Waals surface area contributed by atoms with Crippen LogP contribution in [0.2, 0.25) is 0 Å². The molecule has 218 valence electrons. The molecule has 40 heavy (non-hydrogen) atoms. The maximum absolute atomic E-state index is 15.6. The summed E-state index contributed by atoms with van der Waals surface area (Å²) in [7, 11) is -1.60. The molecule has 0 aliphatic carbocycles. The van der Waals surface area contributed by atoms with E-state index in [9.17, 15) is 31.2 Å². The zero-order valence-electron chi connectivity index (χ0n) is 22.5. The highest BCUT2D eigenvalue weighted by atomic mass is 32.2. The molecule has 2 aliphatic rings. The molecule has 2 aromatic rings. The number of nitrogens with zero attached hydrogens (tertiary/aromatic N) is 3. The molecule has 2 aliphatic heterocycles. The van der Waals surface area contributed by atoms with E-state index in [1.165, 1.54) is 16.4 Å². The van der Waals surface area contributed by atoms with Crippen molar-refractivity contribution in [3.05, 3.63) is 63.3 Å². The third-order valence-electron chi connectivity index (χ3n) is 7.44. The summed E-state index contributed by atoms with van der Waals surface area (Å²) in [6.07, 6.45) is -1.18. The van der Waals surface area contributed by atoms with Crippen LogP contribution in [-0.4, -0.2) is 80.1 Å². The first-order valence-electron chi connectivity index (χ1n) is 12.6. The minimum Gasteiger partial charge on any atom is -0.367 e. The number of H-pyrrole nitrogens is 1. The minimum absolute atomic E-state index is 0.0279. The molecule has 0 spiro atoms. The van der Waals surface area contributed by atoms with Gasteiger partial charge in [0.25, 0.3) is 5.91 Å². The van der Waals surface area contributed by atoms with Gasteiger partial charge in [-0.15, -0.1) is 0 Å². The molecule has 14 heteroatoms. The molecule has 1 aromatic heterocycles. The van der Waals surface area contributed by atoms with Crippen molar-refractivity contribution in [1.29, 1.82) is 0 Å². The maximum Gasteiger partial charge on any atom is 0.417 e. The molecule has 0 radical (unpaired) electrons. The molecule has 1 fully saturated rings. The highest BCUT2D eigenvalue weighted by Gasteiger charge is 2.36. The number of anilines is 2. The van der Waals surface area contributed by atoms with E-state index in [0.717, 1.165) is 6.26 Å². The van der Waals surface area contributed by atoms with Gasteiger partial charge in [-0.05, 0) is 45.0 Å². The molecule has 9 nitrogen and oxygen atoms in total. The number of nitrogens with one attached hydrogen (secondary N) is 2. The second kappa shape index (κ2) is 11.0. The molecular formula is C26H31F4N5O4S. The highest BCUT2D eigenvalue weighted by molar-refractivity contribution is 7.88. The second-order valence-corrected chi connectivity index (χ2v) is 12.3. The predicted octanol–water partition coefficient (Wildman–Crippen LogP) is 3.36. The Morgan fingerprint density at radius 1 is 1.12 bits per heavy atom. The van der Waals surface area contributed by atoms with Crippen LogP contribution in [0.3, 0.4) is 0 Å². The van der Waals surface area contributed by atoms with Gasteiger partial charge in [-0.1, -0.05) is 6.08 Å². The number of rotatable bonds is 5. The van der Waals surface area contributed by atoms with Gasteiger partial charge in [0, 0.05) is 56.1 Å². The van der Waals surface area contributed by atoms with Crippen molar-refractivity contribution in [2.24, 2.45) is 0 Å². The first kappa shape index (κ1) is 29.7. The van der Waals surface area contributed by atoms with Crippen molar-refractivity contribution in [2.45, 2.75) is 38.5 Å². The van der Waals surface area contributed by atoms with Gasteiger partial charge in [0.05, 0.1) is 28.8 Å². The summed E-state index contributed by atoms with van der Waals surface area (Å²) in [5.74, 6) is -1.80.